The molecule has 2 aromatic carbocycles. The van der Waals surface area contributed by atoms with Gasteiger partial charge in [0.05, 0.1) is 5.52 Å². The minimum absolute atomic E-state index is 0.542. The maximum Gasteiger partial charge on any atom is 0.134 e. The molecule has 0 saturated heterocycles. The molecule has 4 heteroatoms. The average Bonchev–Trinajstić information content (AvgIpc) is 2.49. The highest BCUT2D eigenvalue weighted by molar-refractivity contribution is 6.31. The fraction of sp³-hybridized carbons (Fsp3) is 0.118. The SMILES string of the molecule is Clc1ccccc1CNCc1cc2ccccc2nc1Cl. The van der Waals surface area contributed by atoms with Gasteiger partial charge < -0.3 is 5.32 Å². The lowest BCUT2D eigenvalue weighted by atomic mass is 10.1. The molecule has 1 heterocycles. The predicted molar refractivity (Wildman–Crippen MR) is 88.7 cm³/mol. The summed E-state index contributed by atoms with van der Waals surface area (Å²) in [5, 5.41) is 5.76. The third-order valence-electron chi connectivity index (χ3n) is 3.34. The number of aromatic nitrogens is 1. The first kappa shape index (κ1) is 14.3. The van der Waals surface area contributed by atoms with Gasteiger partial charge in [0.2, 0.25) is 0 Å². The van der Waals surface area contributed by atoms with Crippen molar-refractivity contribution in [2.45, 2.75) is 13.1 Å². The van der Waals surface area contributed by atoms with E-state index in [9.17, 15) is 0 Å². The molecule has 3 aromatic rings. The molecular weight excluding hydrogens is 303 g/mol. The molecule has 0 fully saturated rings. The molecule has 0 aliphatic carbocycles. The first-order valence-electron chi connectivity index (χ1n) is 6.72. The van der Waals surface area contributed by atoms with Crippen LogP contribution in [-0.4, -0.2) is 4.98 Å². The molecule has 2 nitrogen and oxygen atoms in total. The van der Waals surface area contributed by atoms with Gasteiger partial charge in [-0.2, -0.15) is 0 Å². The Morgan fingerprint density at radius 2 is 1.57 bits per heavy atom. The number of fused-ring (bicyclic) bond motifs is 1. The van der Waals surface area contributed by atoms with Crippen LogP contribution < -0.4 is 5.32 Å². The summed E-state index contributed by atoms with van der Waals surface area (Å²) >= 11 is 12.4. The highest BCUT2D eigenvalue weighted by Gasteiger charge is 2.05. The molecule has 0 amide bonds. The van der Waals surface area contributed by atoms with Gasteiger partial charge in [0, 0.05) is 29.1 Å². The third kappa shape index (κ3) is 3.35. The standard InChI is InChI=1S/C17H14Cl2N2/c18-15-7-3-1-6-13(15)10-20-11-14-9-12-5-2-4-8-16(12)21-17(14)19/h1-9,20H,10-11H2. The molecule has 3 rings (SSSR count). The number of hydrogen-bond donors (Lipinski definition) is 1. The topological polar surface area (TPSA) is 24.9 Å². The van der Waals surface area contributed by atoms with Gasteiger partial charge >= 0.3 is 0 Å². The number of nitrogens with one attached hydrogen (secondary N) is 1. The van der Waals surface area contributed by atoms with E-state index in [1.54, 1.807) is 0 Å². The zero-order valence-electron chi connectivity index (χ0n) is 11.3. The van der Waals surface area contributed by atoms with E-state index in [4.69, 9.17) is 23.2 Å². The molecule has 1 N–H and O–H groups in total. The van der Waals surface area contributed by atoms with Crippen LogP contribution in [0.2, 0.25) is 10.2 Å². The van der Waals surface area contributed by atoms with E-state index >= 15 is 0 Å². The summed E-state index contributed by atoms with van der Waals surface area (Å²) in [7, 11) is 0. The van der Waals surface area contributed by atoms with Gasteiger partial charge in [0.15, 0.2) is 0 Å². The average molecular weight is 317 g/mol. The van der Waals surface area contributed by atoms with Gasteiger partial charge in [-0.05, 0) is 23.8 Å². The summed E-state index contributed by atoms with van der Waals surface area (Å²) in [6.07, 6.45) is 0. The first-order chi connectivity index (χ1) is 10.2. The summed E-state index contributed by atoms with van der Waals surface area (Å²) in [5.41, 5.74) is 2.98. The van der Waals surface area contributed by atoms with Crippen LogP contribution in [0.25, 0.3) is 10.9 Å². The quantitative estimate of drug-likeness (QED) is 0.697. The monoisotopic (exact) mass is 316 g/mol. The summed E-state index contributed by atoms with van der Waals surface area (Å²) < 4.78 is 0. The van der Waals surface area contributed by atoms with E-state index in [2.05, 4.69) is 16.4 Å². The predicted octanol–water partition coefficient (Wildman–Crippen LogP) is 4.83. The number of nitrogens with zero attached hydrogens (tertiary/aromatic N) is 1. The van der Waals surface area contributed by atoms with Gasteiger partial charge in [0.25, 0.3) is 0 Å². The molecule has 0 unspecified atom stereocenters. The van der Waals surface area contributed by atoms with E-state index < -0.39 is 0 Å². The van der Waals surface area contributed by atoms with Crippen molar-refractivity contribution >= 4 is 34.1 Å². The van der Waals surface area contributed by atoms with Crippen LogP contribution in [-0.2, 0) is 13.1 Å². The Kier molecular flexibility index (Phi) is 4.39. The number of halogens is 2. The van der Waals surface area contributed by atoms with Crippen molar-refractivity contribution < 1.29 is 0 Å². The normalized spacial score (nSPS) is 11.0. The first-order valence-corrected chi connectivity index (χ1v) is 7.48. The number of benzene rings is 2. The fourth-order valence-electron chi connectivity index (χ4n) is 2.23. The van der Waals surface area contributed by atoms with Gasteiger partial charge in [-0.25, -0.2) is 4.98 Å². The Morgan fingerprint density at radius 3 is 2.43 bits per heavy atom. The molecule has 0 bridgehead atoms. The molecule has 0 saturated carbocycles. The highest BCUT2D eigenvalue weighted by Crippen LogP contribution is 2.20. The van der Waals surface area contributed by atoms with Gasteiger partial charge in [-0.1, -0.05) is 59.6 Å². The van der Waals surface area contributed by atoms with Crippen molar-refractivity contribution in [1.82, 2.24) is 10.3 Å². The number of para-hydroxylation sites is 1. The van der Waals surface area contributed by atoms with Crippen molar-refractivity contribution in [3.63, 3.8) is 0 Å². The lowest BCUT2D eigenvalue weighted by molar-refractivity contribution is 0.692. The van der Waals surface area contributed by atoms with Gasteiger partial charge in [-0.3, -0.25) is 0 Å². The lowest BCUT2D eigenvalue weighted by Crippen LogP contribution is -2.13. The Balaban J connectivity index is 1.73. The largest absolute Gasteiger partial charge is 0.308 e. The van der Waals surface area contributed by atoms with Gasteiger partial charge in [-0.15, -0.1) is 0 Å². The zero-order chi connectivity index (χ0) is 14.7. The summed E-state index contributed by atoms with van der Waals surface area (Å²) in [5.74, 6) is 0. The van der Waals surface area contributed by atoms with Crippen LogP contribution in [0.15, 0.2) is 54.6 Å². The zero-order valence-corrected chi connectivity index (χ0v) is 12.8. The molecule has 0 spiro atoms. The summed E-state index contributed by atoms with van der Waals surface area (Å²) in [6, 6.07) is 17.8. The maximum absolute atomic E-state index is 6.24. The molecule has 0 aliphatic heterocycles. The summed E-state index contributed by atoms with van der Waals surface area (Å²) in [4.78, 5) is 4.42. The number of pyridine rings is 1. The molecular formula is C17H14Cl2N2. The second-order valence-corrected chi connectivity index (χ2v) is 5.59. The van der Waals surface area contributed by atoms with Crippen molar-refractivity contribution in [2.24, 2.45) is 0 Å². The second-order valence-electron chi connectivity index (χ2n) is 4.83. The van der Waals surface area contributed by atoms with Crippen LogP contribution in [0.3, 0.4) is 0 Å². The summed E-state index contributed by atoms with van der Waals surface area (Å²) in [6.45, 7) is 1.35. The van der Waals surface area contributed by atoms with Crippen LogP contribution >= 0.6 is 23.2 Å². The lowest BCUT2D eigenvalue weighted by Gasteiger charge is -2.09. The van der Waals surface area contributed by atoms with E-state index in [0.29, 0.717) is 18.2 Å². The smallest absolute Gasteiger partial charge is 0.134 e. The van der Waals surface area contributed by atoms with Crippen molar-refractivity contribution in [1.29, 1.82) is 0 Å². The molecule has 0 aliphatic rings. The Bertz CT molecular complexity index is 772. The molecule has 1 aromatic heterocycles. The number of hydrogen-bond acceptors (Lipinski definition) is 2. The minimum atomic E-state index is 0.542. The van der Waals surface area contributed by atoms with Crippen LogP contribution in [0.4, 0.5) is 0 Å². The van der Waals surface area contributed by atoms with E-state index in [1.807, 2.05) is 48.5 Å². The van der Waals surface area contributed by atoms with Crippen molar-refractivity contribution in [2.75, 3.05) is 0 Å². The van der Waals surface area contributed by atoms with Gasteiger partial charge in [0.1, 0.15) is 5.15 Å². The second kappa shape index (κ2) is 6.44. The van der Waals surface area contributed by atoms with Crippen molar-refractivity contribution in [3.8, 4) is 0 Å². The minimum Gasteiger partial charge on any atom is -0.308 e. The Morgan fingerprint density at radius 1 is 0.857 bits per heavy atom. The molecule has 0 atom stereocenters. The Hall–Kier alpha value is -1.61. The maximum atomic E-state index is 6.24. The molecule has 106 valence electrons. The Labute approximate surface area is 133 Å². The number of rotatable bonds is 4. The van der Waals surface area contributed by atoms with Crippen LogP contribution in [0.1, 0.15) is 11.1 Å². The molecule has 0 radical (unpaired) electrons. The van der Waals surface area contributed by atoms with E-state index in [-0.39, 0.29) is 0 Å². The van der Waals surface area contributed by atoms with Crippen LogP contribution in [0.5, 0.6) is 0 Å². The highest BCUT2D eigenvalue weighted by atomic mass is 35.5. The fourth-order valence-corrected chi connectivity index (χ4v) is 2.65. The van der Waals surface area contributed by atoms with E-state index in [0.717, 1.165) is 27.1 Å². The van der Waals surface area contributed by atoms with E-state index in [1.165, 1.54) is 0 Å². The molecule has 21 heavy (non-hydrogen) atoms. The van der Waals surface area contributed by atoms with Crippen LogP contribution in [0, 0.1) is 0 Å². The van der Waals surface area contributed by atoms with Crippen molar-refractivity contribution in [3.05, 3.63) is 75.9 Å². The third-order valence-corrected chi connectivity index (χ3v) is 4.03.